The summed E-state index contributed by atoms with van der Waals surface area (Å²) < 4.78 is 0. The second-order valence-corrected chi connectivity index (χ2v) is 6.15. The first-order chi connectivity index (χ1) is 9.01. The van der Waals surface area contributed by atoms with Crippen molar-refractivity contribution in [2.75, 3.05) is 6.54 Å². The molecule has 0 saturated heterocycles. The van der Waals surface area contributed by atoms with Crippen LogP contribution in [-0.2, 0) is 9.59 Å². The highest BCUT2D eigenvalue weighted by molar-refractivity contribution is 5.86. The molecule has 7 nitrogen and oxygen atoms in total. The van der Waals surface area contributed by atoms with Gasteiger partial charge in [-0.2, -0.15) is 0 Å². The molecule has 7 heteroatoms. The van der Waals surface area contributed by atoms with Gasteiger partial charge < -0.3 is 21.1 Å². The van der Waals surface area contributed by atoms with Gasteiger partial charge in [-0.05, 0) is 33.1 Å². The molecule has 0 aromatic rings. The number of nitrogens with one attached hydrogen (secondary N) is 3. The average molecular weight is 287 g/mol. The van der Waals surface area contributed by atoms with Crippen LogP contribution in [0.25, 0.3) is 0 Å². The normalized spacial score (nSPS) is 12.7. The van der Waals surface area contributed by atoms with Crippen LogP contribution in [0.4, 0.5) is 4.79 Å². The summed E-state index contributed by atoms with van der Waals surface area (Å²) >= 11 is 0. The molecule has 0 radical (unpaired) electrons. The van der Waals surface area contributed by atoms with Crippen molar-refractivity contribution in [3.8, 4) is 0 Å². The van der Waals surface area contributed by atoms with Crippen LogP contribution in [0.5, 0.6) is 0 Å². The molecule has 0 heterocycles. The zero-order chi connectivity index (χ0) is 15.9. The second kappa shape index (κ2) is 7.72. The standard InChI is InChI=1S/C13H25N3O4/c1-8(2)6-9(11(18)19)15-12(20)14-7-10(17)16-13(3,4)5/h8-9H,6-7H2,1-5H3,(H,16,17)(H,18,19)(H2,14,15,20)/t9-/m0/s1. The molecule has 4 N–H and O–H groups in total. The average Bonchev–Trinajstić information content (AvgIpc) is 2.22. The van der Waals surface area contributed by atoms with Gasteiger partial charge in [0.05, 0.1) is 6.54 Å². The van der Waals surface area contributed by atoms with Gasteiger partial charge >= 0.3 is 12.0 Å². The van der Waals surface area contributed by atoms with Crippen LogP contribution >= 0.6 is 0 Å². The first kappa shape index (κ1) is 18.2. The molecule has 0 aromatic carbocycles. The number of rotatable bonds is 6. The molecule has 0 aliphatic heterocycles. The van der Waals surface area contributed by atoms with Gasteiger partial charge in [-0.15, -0.1) is 0 Å². The fourth-order valence-corrected chi connectivity index (χ4v) is 1.53. The first-order valence-electron chi connectivity index (χ1n) is 6.59. The predicted octanol–water partition coefficient (Wildman–Crippen LogP) is 0.700. The van der Waals surface area contributed by atoms with Crippen molar-refractivity contribution in [3.63, 3.8) is 0 Å². The van der Waals surface area contributed by atoms with E-state index in [4.69, 9.17) is 5.11 Å². The Bertz CT molecular complexity index is 361. The molecule has 20 heavy (non-hydrogen) atoms. The van der Waals surface area contributed by atoms with Crippen molar-refractivity contribution in [2.45, 2.75) is 52.6 Å². The number of carboxylic acids is 1. The lowest BCUT2D eigenvalue weighted by molar-refractivity contribution is -0.139. The van der Waals surface area contributed by atoms with Gasteiger partial charge in [-0.1, -0.05) is 13.8 Å². The van der Waals surface area contributed by atoms with E-state index in [9.17, 15) is 14.4 Å². The molecule has 0 saturated carbocycles. The molecular formula is C13H25N3O4. The Morgan fingerprint density at radius 2 is 1.70 bits per heavy atom. The van der Waals surface area contributed by atoms with Gasteiger partial charge in [-0.25, -0.2) is 9.59 Å². The summed E-state index contributed by atoms with van der Waals surface area (Å²) in [5.41, 5.74) is -0.378. The predicted molar refractivity (Wildman–Crippen MR) is 75.3 cm³/mol. The summed E-state index contributed by atoms with van der Waals surface area (Å²) in [6, 6.07) is -1.62. The van der Waals surface area contributed by atoms with E-state index >= 15 is 0 Å². The zero-order valence-corrected chi connectivity index (χ0v) is 12.7. The number of carbonyl (C=O) groups excluding carboxylic acids is 2. The van der Waals surface area contributed by atoms with Gasteiger partial charge in [0, 0.05) is 5.54 Å². The van der Waals surface area contributed by atoms with Crippen molar-refractivity contribution in [3.05, 3.63) is 0 Å². The van der Waals surface area contributed by atoms with Crippen LogP contribution in [0.1, 0.15) is 41.0 Å². The Balaban J connectivity index is 4.21. The van der Waals surface area contributed by atoms with Gasteiger partial charge in [-0.3, -0.25) is 4.79 Å². The van der Waals surface area contributed by atoms with Crippen molar-refractivity contribution in [1.29, 1.82) is 0 Å². The number of amides is 3. The molecular weight excluding hydrogens is 262 g/mol. The van der Waals surface area contributed by atoms with Crippen molar-refractivity contribution in [1.82, 2.24) is 16.0 Å². The van der Waals surface area contributed by atoms with E-state index in [1.165, 1.54) is 0 Å². The molecule has 0 aliphatic rings. The minimum Gasteiger partial charge on any atom is -0.480 e. The maximum Gasteiger partial charge on any atom is 0.326 e. The highest BCUT2D eigenvalue weighted by atomic mass is 16.4. The third-order valence-electron chi connectivity index (χ3n) is 2.23. The number of carboxylic acid groups (broad SMARTS) is 1. The first-order valence-corrected chi connectivity index (χ1v) is 6.59. The Morgan fingerprint density at radius 1 is 1.15 bits per heavy atom. The van der Waals surface area contributed by atoms with Crippen LogP contribution < -0.4 is 16.0 Å². The maximum absolute atomic E-state index is 11.5. The van der Waals surface area contributed by atoms with E-state index in [2.05, 4.69) is 16.0 Å². The number of urea groups is 1. The van der Waals surface area contributed by atoms with Gasteiger partial charge in [0.15, 0.2) is 0 Å². The Kier molecular flexibility index (Phi) is 7.02. The number of hydrogen-bond donors (Lipinski definition) is 4. The fraction of sp³-hybridized carbons (Fsp3) is 0.769. The highest BCUT2D eigenvalue weighted by Crippen LogP contribution is 2.04. The van der Waals surface area contributed by atoms with E-state index in [0.29, 0.717) is 6.42 Å². The topological polar surface area (TPSA) is 108 Å². The summed E-state index contributed by atoms with van der Waals surface area (Å²) in [5, 5.41) is 16.3. The maximum atomic E-state index is 11.5. The summed E-state index contributed by atoms with van der Waals surface area (Å²) in [6.07, 6.45) is 0.330. The number of aliphatic carboxylic acids is 1. The molecule has 0 aliphatic carbocycles. The summed E-state index contributed by atoms with van der Waals surface area (Å²) in [5.74, 6) is -1.28. The summed E-state index contributed by atoms with van der Waals surface area (Å²) in [7, 11) is 0. The molecule has 0 spiro atoms. The smallest absolute Gasteiger partial charge is 0.326 e. The molecule has 0 fully saturated rings. The van der Waals surface area contributed by atoms with E-state index in [1.807, 2.05) is 34.6 Å². The molecule has 0 bridgehead atoms. The Labute approximate surface area is 119 Å². The summed E-state index contributed by atoms with van der Waals surface area (Å²) in [4.78, 5) is 34.0. The van der Waals surface area contributed by atoms with E-state index in [1.54, 1.807) is 0 Å². The molecule has 0 aromatic heterocycles. The largest absolute Gasteiger partial charge is 0.480 e. The van der Waals surface area contributed by atoms with Gasteiger partial charge in [0.1, 0.15) is 6.04 Å². The quantitative estimate of drug-likeness (QED) is 0.576. The summed E-state index contributed by atoms with van der Waals surface area (Å²) in [6.45, 7) is 9.02. The van der Waals surface area contributed by atoms with Crippen LogP contribution in [0.15, 0.2) is 0 Å². The molecule has 3 amide bonds. The van der Waals surface area contributed by atoms with Crippen LogP contribution in [0.2, 0.25) is 0 Å². The van der Waals surface area contributed by atoms with E-state index < -0.39 is 18.0 Å². The second-order valence-electron chi connectivity index (χ2n) is 6.15. The van der Waals surface area contributed by atoms with Crippen molar-refractivity contribution < 1.29 is 19.5 Å². The lowest BCUT2D eigenvalue weighted by Gasteiger charge is -2.21. The van der Waals surface area contributed by atoms with Crippen molar-refractivity contribution in [2.24, 2.45) is 5.92 Å². The molecule has 116 valence electrons. The number of carbonyl (C=O) groups is 3. The Hall–Kier alpha value is -1.79. The zero-order valence-electron chi connectivity index (χ0n) is 12.7. The Morgan fingerprint density at radius 3 is 2.10 bits per heavy atom. The minimum absolute atomic E-state index is 0.139. The lowest BCUT2D eigenvalue weighted by Crippen LogP contribution is -2.50. The van der Waals surface area contributed by atoms with Crippen molar-refractivity contribution >= 4 is 17.9 Å². The monoisotopic (exact) mass is 287 g/mol. The van der Waals surface area contributed by atoms with Crippen LogP contribution in [-0.4, -0.2) is 41.1 Å². The SMILES string of the molecule is CC(C)C[C@H](NC(=O)NCC(=O)NC(C)(C)C)C(=O)O. The third kappa shape index (κ3) is 9.18. The molecule has 0 rings (SSSR count). The van der Waals surface area contributed by atoms with Crippen LogP contribution in [0.3, 0.4) is 0 Å². The lowest BCUT2D eigenvalue weighted by atomic mass is 10.0. The molecule has 1 atom stereocenters. The van der Waals surface area contributed by atoms with E-state index in [-0.39, 0.29) is 23.9 Å². The van der Waals surface area contributed by atoms with Gasteiger partial charge in [0.25, 0.3) is 0 Å². The number of hydrogen-bond acceptors (Lipinski definition) is 3. The van der Waals surface area contributed by atoms with Crippen LogP contribution in [0, 0.1) is 5.92 Å². The van der Waals surface area contributed by atoms with E-state index in [0.717, 1.165) is 0 Å². The molecule has 0 unspecified atom stereocenters. The van der Waals surface area contributed by atoms with Gasteiger partial charge in [0.2, 0.25) is 5.91 Å². The third-order valence-corrected chi connectivity index (χ3v) is 2.23. The highest BCUT2D eigenvalue weighted by Gasteiger charge is 2.21. The fourth-order valence-electron chi connectivity index (χ4n) is 1.53. The minimum atomic E-state index is -1.09.